The zero-order chi connectivity index (χ0) is 24.7. The number of benzene rings is 3. The summed E-state index contributed by atoms with van der Waals surface area (Å²) in [6.07, 6.45) is 14.7. The van der Waals surface area contributed by atoms with Crippen molar-refractivity contribution in [1.29, 1.82) is 0 Å². The predicted molar refractivity (Wildman–Crippen MR) is 152 cm³/mol. The Bertz CT molecular complexity index is 1130. The van der Waals surface area contributed by atoms with Crippen molar-refractivity contribution >= 4 is 6.08 Å². The van der Waals surface area contributed by atoms with E-state index < -0.39 is 0 Å². The van der Waals surface area contributed by atoms with Gasteiger partial charge in [0.05, 0.1) is 7.11 Å². The molecule has 0 fully saturated rings. The van der Waals surface area contributed by atoms with Crippen molar-refractivity contribution in [1.82, 2.24) is 0 Å². The first kappa shape index (κ1) is 25.3. The van der Waals surface area contributed by atoms with E-state index in [9.17, 15) is 0 Å². The molecular weight excluding hydrogens is 424 g/mol. The van der Waals surface area contributed by atoms with Crippen LogP contribution in [-0.4, -0.2) is 7.11 Å². The minimum atomic E-state index is 0.0622. The first-order chi connectivity index (χ1) is 17.2. The summed E-state index contributed by atoms with van der Waals surface area (Å²) in [6.45, 7) is 8.58. The Morgan fingerprint density at radius 1 is 0.714 bits per heavy atom. The molecule has 1 aliphatic rings. The van der Waals surface area contributed by atoms with Crippen LogP contribution in [0.2, 0.25) is 0 Å². The average molecular weight is 467 g/mol. The number of methoxy groups -OCH3 is 1. The number of fused-ring (bicyclic) bond motifs is 3. The molecule has 1 aliphatic carbocycles. The number of unbranched alkanes of at least 4 members (excludes halogenated alkanes) is 6. The molecule has 184 valence electrons. The second-order valence-corrected chi connectivity index (χ2v) is 10.2. The fraction of sp³-hybridized carbons (Fsp3) is 0.412. The highest BCUT2D eigenvalue weighted by Crippen LogP contribution is 2.55. The molecule has 0 spiro atoms. The van der Waals surface area contributed by atoms with E-state index in [-0.39, 0.29) is 5.41 Å². The van der Waals surface area contributed by atoms with Crippen molar-refractivity contribution in [3.05, 3.63) is 83.9 Å². The van der Waals surface area contributed by atoms with Crippen molar-refractivity contribution in [2.24, 2.45) is 0 Å². The van der Waals surface area contributed by atoms with Gasteiger partial charge in [0.2, 0.25) is 0 Å². The van der Waals surface area contributed by atoms with Gasteiger partial charge >= 0.3 is 0 Å². The van der Waals surface area contributed by atoms with Crippen LogP contribution >= 0.6 is 0 Å². The van der Waals surface area contributed by atoms with Gasteiger partial charge in [-0.2, -0.15) is 0 Å². The first-order valence-corrected chi connectivity index (χ1v) is 13.7. The molecule has 0 amide bonds. The third-order valence-electron chi connectivity index (χ3n) is 7.94. The lowest BCUT2D eigenvalue weighted by Crippen LogP contribution is -2.25. The quantitative estimate of drug-likeness (QED) is 0.228. The number of rotatable bonds is 13. The van der Waals surface area contributed by atoms with Crippen LogP contribution in [0.4, 0.5) is 0 Å². The summed E-state index contributed by atoms with van der Waals surface area (Å²) in [4.78, 5) is 0. The molecule has 0 N–H and O–H groups in total. The van der Waals surface area contributed by atoms with Crippen LogP contribution in [-0.2, 0) is 5.41 Å². The molecule has 4 rings (SSSR count). The monoisotopic (exact) mass is 466 g/mol. The minimum Gasteiger partial charge on any atom is -0.497 e. The fourth-order valence-corrected chi connectivity index (χ4v) is 6.00. The molecule has 3 aromatic rings. The van der Waals surface area contributed by atoms with E-state index in [4.69, 9.17) is 4.74 Å². The van der Waals surface area contributed by atoms with Gasteiger partial charge in [-0.15, -0.1) is 0 Å². The van der Waals surface area contributed by atoms with Crippen LogP contribution in [0.5, 0.6) is 5.75 Å². The fourth-order valence-electron chi connectivity index (χ4n) is 6.00. The molecular formula is C34H42O. The lowest BCUT2D eigenvalue weighted by molar-refractivity contribution is 0.392. The summed E-state index contributed by atoms with van der Waals surface area (Å²) in [5, 5.41) is 0. The summed E-state index contributed by atoms with van der Waals surface area (Å²) in [5.74, 6) is 0.974. The maximum Gasteiger partial charge on any atom is 0.119 e. The topological polar surface area (TPSA) is 9.23 Å². The van der Waals surface area contributed by atoms with Gasteiger partial charge in [0.1, 0.15) is 5.75 Å². The summed E-state index contributed by atoms with van der Waals surface area (Å²) in [6, 6.07) is 22.7. The van der Waals surface area contributed by atoms with Crippen LogP contribution in [0.25, 0.3) is 28.3 Å². The Morgan fingerprint density at radius 3 is 1.97 bits per heavy atom. The number of hydrogen-bond acceptors (Lipinski definition) is 1. The Kier molecular flexibility index (Phi) is 8.50. The third kappa shape index (κ3) is 5.25. The highest BCUT2D eigenvalue weighted by atomic mass is 16.5. The predicted octanol–water partition coefficient (Wildman–Crippen LogP) is 10.2. The van der Waals surface area contributed by atoms with Crippen LogP contribution in [0, 0.1) is 0 Å². The van der Waals surface area contributed by atoms with Gasteiger partial charge in [-0.1, -0.05) is 114 Å². The average Bonchev–Trinajstić information content (AvgIpc) is 3.17. The lowest BCUT2D eigenvalue weighted by Gasteiger charge is -2.33. The minimum absolute atomic E-state index is 0.0622. The molecule has 3 aromatic carbocycles. The Hall–Kier alpha value is -2.80. The number of hydrogen-bond donors (Lipinski definition) is 0. The van der Waals surface area contributed by atoms with Crippen molar-refractivity contribution in [3.8, 4) is 28.0 Å². The second-order valence-electron chi connectivity index (χ2n) is 10.2. The zero-order valence-corrected chi connectivity index (χ0v) is 22.0. The molecule has 0 unspecified atom stereocenters. The standard InChI is InChI=1S/C34H42O/c1-5-8-10-12-21-34(22-13-11-9-6-2)32-24-28(27-16-14-15-26(7-3)23-27)17-19-30(32)31-20-18-29(35-4)25-33(31)34/h7,14-20,23-25H,3,5-6,8-13,21-22H2,1-2,4H3. The van der Waals surface area contributed by atoms with Gasteiger partial charge in [0.15, 0.2) is 0 Å². The Morgan fingerprint density at radius 2 is 1.34 bits per heavy atom. The van der Waals surface area contributed by atoms with Crippen LogP contribution in [0.15, 0.2) is 67.2 Å². The third-order valence-corrected chi connectivity index (χ3v) is 7.94. The highest BCUT2D eigenvalue weighted by molar-refractivity contribution is 5.84. The van der Waals surface area contributed by atoms with Crippen LogP contribution in [0.3, 0.4) is 0 Å². The van der Waals surface area contributed by atoms with Gasteiger partial charge in [0, 0.05) is 5.41 Å². The van der Waals surface area contributed by atoms with Gasteiger partial charge in [-0.05, 0) is 76.1 Å². The molecule has 0 bridgehead atoms. The summed E-state index contributed by atoms with van der Waals surface area (Å²) >= 11 is 0. The van der Waals surface area contributed by atoms with Crippen LogP contribution in [0.1, 0.15) is 94.7 Å². The first-order valence-electron chi connectivity index (χ1n) is 13.7. The molecule has 0 saturated carbocycles. The van der Waals surface area contributed by atoms with Gasteiger partial charge in [0.25, 0.3) is 0 Å². The largest absolute Gasteiger partial charge is 0.497 e. The molecule has 1 nitrogen and oxygen atoms in total. The lowest BCUT2D eigenvalue weighted by atomic mass is 9.70. The highest BCUT2D eigenvalue weighted by Gasteiger charge is 2.42. The number of ether oxygens (including phenoxy) is 1. The smallest absolute Gasteiger partial charge is 0.119 e. The molecule has 0 saturated heterocycles. The van der Waals surface area contributed by atoms with E-state index in [0.717, 1.165) is 5.75 Å². The van der Waals surface area contributed by atoms with E-state index in [1.165, 1.54) is 103 Å². The van der Waals surface area contributed by atoms with Crippen molar-refractivity contribution in [3.63, 3.8) is 0 Å². The second kappa shape index (κ2) is 11.8. The molecule has 0 aromatic heterocycles. The summed E-state index contributed by atoms with van der Waals surface area (Å²) < 4.78 is 5.73. The van der Waals surface area contributed by atoms with Gasteiger partial charge < -0.3 is 4.74 Å². The molecule has 0 heterocycles. The van der Waals surface area contributed by atoms with E-state index in [1.807, 2.05) is 6.08 Å². The maximum absolute atomic E-state index is 5.73. The molecule has 0 radical (unpaired) electrons. The van der Waals surface area contributed by atoms with Crippen molar-refractivity contribution in [2.75, 3.05) is 7.11 Å². The van der Waals surface area contributed by atoms with Crippen molar-refractivity contribution < 1.29 is 4.74 Å². The summed E-state index contributed by atoms with van der Waals surface area (Å²) in [7, 11) is 1.79. The van der Waals surface area contributed by atoms with Gasteiger partial charge in [-0.3, -0.25) is 0 Å². The molecule has 0 aliphatic heterocycles. The van der Waals surface area contributed by atoms with E-state index in [2.05, 4.69) is 81.1 Å². The maximum atomic E-state index is 5.73. The summed E-state index contributed by atoms with van der Waals surface area (Å²) in [5.41, 5.74) is 9.62. The SMILES string of the molecule is C=Cc1cccc(-c2ccc3c(c2)C(CCCCCC)(CCCCCC)c2cc(OC)ccc2-3)c1. The molecule has 35 heavy (non-hydrogen) atoms. The van der Waals surface area contributed by atoms with E-state index in [0.29, 0.717) is 0 Å². The van der Waals surface area contributed by atoms with E-state index in [1.54, 1.807) is 7.11 Å². The Balaban J connectivity index is 1.84. The van der Waals surface area contributed by atoms with Crippen LogP contribution < -0.4 is 4.74 Å². The Labute approximate surface area is 213 Å². The normalized spacial score (nSPS) is 13.3. The van der Waals surface area contributed by atoms with Crippen molar-refractivity contribution in [2.45, 2.75) is 83.5 Å². The van der Waals surface area contributed by atoms with Gasteiger partial charge in [-0.25, -0.2) is 0 Å². The van der Waals surface area contributed by atoms with E-state index >= 15 is 0 Å². The molecule has 0 atom stereocenters. The molecule has 1 heteroatoms. The zero-order valence-electron chi connectivity index (χ0n) is 22.0.